The van der Waals surface area contributed by atoms with E-state index >= 15 is 0 Å². The highest BCUT2D eigenvalue weighted by molar-refractivity contribution is 9.10. The number of hydrogen-bond acceptors (Lipinski definition) is 4. The van der Waals surface area contributed by atoms with Crippen molar-refractivity contribution < 1.29 is 4.74 Å². The zero-order valence-corrected chi connectivity index (χ0v) is 19.3. The fourth-order valence-electron chi connectivity index (χ4n) is 4.69. The van der Waals surface area contributed by atoms with Crippen LogP contribution in [0.1, 0.15) is 43.4 Å². The highest BCUT2D eigenvalue weighted by Crippen LogP contribution is 2.50. The standard InChI is InChI=1S/C22H22BrCl2N3O/c1-2-27-9-7-22(8-10-27)28-20(17-11-14(23)3-6-21(17)29-22)13-19(26-28)16-5-4-15(24)12-18(16)25/h3-6,11-12,20H,2,7-10,13H2,1H3/t20-/m1/s1. The minimum atomic E-state index is -0.405. The molecule has 0 unspecified atom stereocenters. The van der Waals surface area contributed by atoms with Crippen LogP contribution < -0.4 is 4.74 Å². The van der Waals surface area contributed by atoms with Crippen molar-refractivity contribution in [3.8, 4) is 5.75 Å². The maximum atomic E-state index is 6.67. The van der Waals surface area contributed by atoms with Crippen LogP contribution in [0.2, 0.25) is 10.0 Å². The quantitative estimate of drug-likeness (QED) is 0.504. The zero-order valence-electron chi connectivity index (χ0n) is 16.2. The van der Waals surface area contributed by atoms with Crippen molar-refractivity contribution in [2.24, 2.45) is 5.10 Å². The number of rotatable bonds is 2. The third-order valence-corrected chi connectivity index (χ3v) is 7.33. The molecule has 5 rings (SSSR count). The molecule has 3 heterocycles. The molecule has 0 aliphatic carbocycles. The maximum Gasteiger partial charge on any atom is 0.200 e. The normalized spacial score (nSPS) is 22.8. The SMILES string of the molecule is CCN1CCC2(CC1)Oc1ccc(Br)cc1[C@H]1CC(c3ccc(Cl)cc3Cl)=NN12. The highest BCUT2D eigenvalue weighted by Gasteiger charge is 2.51. The molecule has 0 amide bonds. The average Bonchev–Trinajstić information content (AvgIpc) is 3.16. The van der Waals surface area contributed by atoms with Gasteiger partial charge in [-0.15, -0.1) is 0 Å². The fraction of sp³-hybridized carbons (Fsp3) is 0.409. The van der Waals surface area contributed by atoms with Crippen molar-refractivity contribution >= 4 is 44.8 Å². The van der Waals surface area contributed by atoms with E-state index < -0.39 is 5.72 Å². The predicted octanol–water partition coefficient (Wildman–Crippen LogP) is 6.11. The molecule has 0 N–H and O–H groups in total. The second-order valence-corrected chi connectivity index (χ2v) is 9.66. The van der Waals surface area contributed by atoms with Gasteiger partial charge in [-0.3, -0.25) is 0 Å². The molecular weight excluding hydrogens is 473 g/mol. The topological polar surface area (TPSA) is 28.1 Å². The minimum Gasteiger partial charge on any atom is -0.466 e. The lowest BCUT2D eigenvalue weighted by Gasteiger charge is -2.51. The van der Waals surface area contributed by atoms with Crippen molar-refractivity contribution in [3.05, 3.63) is 62.0 Å². The summed E-state index contributed by atoms with van der Waals surface area (Å²) in [4.78, 5) is 2.47. The number of benzene rings is 2. The van der Waals surface area contributed by atoms with E-state index in [-0.39, 0.29) is 6.04 Å². The van der Waals surface area contributed by atoms with Crippen molar-refractivity contribution in [1.82, 2.24) is 9.91 Å². The summed E-state index contributed by atoms with van der Waals surface area (Å²) >= 11 is 16.2. The summed E-state index contributed by atoms with van der Waals surface area (Å²) < 4.78 is 7.72. The second kappa shape index (κ2) is 7.45. The van der Waals surface area contributed by atoms with Crippen LogP contribution in [0, 0.1) is 0 Å². The molecule has 7 heteroatoms. The van der Waals surface area contributed by atoms with Gasteiger partial charge in [0.2, 0.25) is 5.72 Å². The fourth-order valence-corrected chi connectivity index (χ4v) is 5.58. The highest BCUT2D eigenvalue weighted by atomic mass is 79.9. The van der Waals surface area contributed by atoms with Crippen LogP contribution in [-0.4, -0.2) is 41.0 Å². The number of nitrogens with zero attached hydrogens (tertiary/aromatic N) is 3. The Morgan fingerprint density at radius 1 is 1.17 bits per heavy atom. The van der Waals surface area contributed by atoms with Gasteiger partial charge in [-0.2, -0.15) is 5.10 Å². The molecule has 3 aliphatic heterocycles. The molecule has 3 aliphatic rings. The third kappa shape index (κ3) is 3.36. The third-order valence-electron chi connectivity index (χ3n) is 6.29. The minimum absolute atomic E-state index is 0.145. The second-order valence-electron chi connectivity index (χ2n) is 7.90. The zero-order chi connectivity index (χ0) is 20.2. The summed E-state index contributed by atoms with van der Waals surface area (Å²) in [5.74, 6) is 0.970. The number of piperidine rings is 1. The van der Waals surface area contributed by atoms with Crippen LogP contribution in [0.25, 0.3) is 0 Å². The summed E-state index contributed by atoms with van der Waals surface area (Å²) in [5, 5.41) is 8.58. The molecule has 1 spiro atoms. The van der Waals surface area contributed by atoms with Crippen molar-refractivity contribution in [1.29, 1.82) is 0 Å². The van der Waals surface area contributed by atoms with Crippen molar-refractivity contribution in [3.63, 3.8) is 0 Å². The van der Waals surface area contributed by atoms with Crippen LogP contribution in [0.15, 0.2) is 46.0 Å². The lowest BCUT2D eigenvalue weighted by molar-refractivity contribution is -0.149. The van der Waals surface area contributed by atoms with Gasteiger partial charge in [-0.25, -0.2) is 5.01 Å². The summed E-state index contributed by atoms with van der Waals surface area (Å²) in [6, 6.07) is 12.1. The van der Waals surface area contributed by atoms with E-state index in [9.17, 15) is 0 Å². The molecule has 29 heavy (non-hydrogen) atoms. The van der Waals surface area contributed by atoms with E-state index in [1.807, 2.05) is 12.1 Å². The molecule has 152 valence electrons. The number of likely N-dealkylation sites (tertiary alicyclic amines) is 1. The monoisotopic (exact) mass is 493 g/mol. The molecule has 1 saturated heterocycles. The van der Waals surface area contributed by atoms with Crippen LogP contribution in [0.4, 0.5) is 0 Å². The molecule has 0 aromatic heterocycles. The van der Waals surface area contributed by atoms with Crippen LogP contribution in [0.5, 0.6) is 5.75 Å². The number of hydrazone groups is 1. The average molecular weight is 495 g/mol. The first kappa shape index (κ1) is 19.7. The first-order valence-electron chi connectivity index (χ1n) is 10.0. The molecule has 2 aromatic rings. The first-order valence-corrected chi connectivity index (χ1v) is 11.6. The summed E-state index contributed by atoms with van der Waals surface area (Å²) in [6.07, 6.45) is 2.66. The summed E-state index contributed by atoms with van der Waals surface area (Å²) in [6.45, 7) is 5.30. The molecule has 1 fully saturated rings. The van der Waals surface area contributed by atoms with Crippen molar-refractivity contribution in [2.45, 2.75) is 38.0 Å². The van der Waals surface area contributed by atoms with Gasteiger partial charge in [0.15, 0.2) is 0 Å². The van der Waals surface area contributed by atoms with Gasteiger partial charge in [0.05, 0.1) is 16.8 Å². The molecule has 0 radical (unpaired) electrons. The number of ether oxygens (including phenoxy) is 1. The first-order chi connectivity index (χ1) is 14.0. The summed E-state index contributed by atoms with van der Waals surface area (Å²) in [5.41, 5.74) is 2.71. The van der Waals surface area contributed by atoms with Gasteiger partial charge in [-0.05, 0) is 36.9 Å². The lowest BCUT2D eigenvalue weighted by atomic mass is 9.90. The van der Waals surface area contributed by atoms with Gasteiger partial charge in [-0.1, -0.05) is 52.1 Å². The van der Waals surface area contributed by atoms with E-state index in [1.54, 1.807) is 6.07 Å². The molecule has 1 atom stereocenters. The van der Waals surface area contributed by atoms with Crippen molar-refractivity contribution in [2.75, 3.05) is 19.6 Å². The lowest BCUT2D eigenvalue weighted by Crippen LogP contribution is -2.59. The predicted molar refractivity (Wildman–Crippen MR) is 121 cm³/mol. The van der Waals surface area contributed by atoms with E-state index in [1.165, 1.54) is 5.56 Å². The Morgan fingerprint density at radius 2 is 1.97 bits per heavy atom. The largest absolute Gasteiger partial charge is 0.466 e. The molecule has 0 bridgehead atoms. The van der Waals surface area contributed by atoms with Gasteiger partial charge >= 0.3 is 0 Å². The number of halogens is 3. The van der Waals surface area contributed by atoms with E-state index in [2.05, 4.69) is 51.0 Å². The number of hydrogen-bond donors (Lipinski definition) is 0. The Labute approximate surface area is 189 Å². The number of fused-ring (bicyclic) bond motifs is 4. The van der Waals surface area contributed by atoms with Gasteiger partial charge < -0.3 is 9.64 Å². The Kier molecular flexibility index (Phi) is 5.06. The van der Waals surface area contributed by atoms with Crippen LogP contribution in [-0.2, 0) is 0 Å². The summed E-state index contributed by atoms with van der Waals surface area (Å²) in [7, 11) is 0. The van der Waals surface area contributed by atoms with E-state index in [4.69, 9.17) is 33.0 Å². The van der Waals surface area contributed by atoms with Crippen LogP contribution >= 0.6 is 39.1 Å². The molecule has 0 saturated carbocycles. The van der Waals surface area contributed by atoms with Gasteiger partial charge in [0, 0.05) is 53.0 Å². The Morgan fingerprint density at radius 3 is 2.69 bits per heavy atom. The smallest absolute Gasteiger partial charge is 0.200 e. The Hall–Kier alpha value is -1.27. The Bertz CT molecular complexity index is 988. The van der Waals surface area contributed by atoms with E-state index in [0.717, 1.165) is 60.4 Å². The molecular formula is C22H22BrCl2N3O. The maximum absolute atomic E-state index is 6.67. The van der Waals surface area contributed by atoms with Crippen LogP contribution in [0.3, 0.4) is 0 Å². The van der Waals surface area contributed by atoms with E-state index in [0.29, 0.717) is 10.0 Å². The molecule has 4 nitrogen and oxygen atoms in total. The van der Waals surface area contributed by atoms with Gasteiger partial charge in [0.1, 0.15) is 5.75 Å². The molecule has 2 aromatic carbocycles. The Balaban J connectivity index is 1.58. The van der Waals surface area contributed by atoms with Gasteiger partial charge in [0.25, 0.3) is 0 Å².